The first-order valence-corrected chi connectivity index (χ1v) is 9.38. The van der Waals surface area contributed by atoms with Crippen LogP contribution in [0.15, 0.2) is 24.3 Å². The van der Waals surface area contributed by atoms with Crippen LogP contribution < -0.4 is 10.0 Å². The fourth-order valence-electron chi connectivity index (χ4n) is 3.14. The Morgan fingerprint density at radius 2 is 1.95 bits per heavy atom. The molecule has 116 valence electrons. The Bertz CT molecular complexity index is 604. The molecule has 2 fully saturated rings. The molecule has 2 saturated carbocycles. The van der Waals surface area contributed by atoms with Crippen molar-refractivity contribution in [3.8, 4) is 0 Å². The van der Waals surface area contributed by atoms with Gasteiger partial charge in [-0.2, -0.15) is 0 Å². The van der Waals surface area contributed by atoms with E-state index in [1.165, 1.54) is 25.7 Å². The Labute approximate surface area is 127 Å². The predicted octanol–water partition coefficient (Wildman–Crippen LogP) is 2.02. The first-order valence-electron chi connectivity index (χ1n) is 7.73. The van der Waals surface area contributed by atoms with Crippen molar-refractivity contribution in [2.45, 2.75) is 38.0 Å². The summed E-state index contributed by atoms with van der Waals surface area (Å²) >= 11 is 0. The van der Waals surface area contributed by atoms with Crippen LogP contribution in [0.5, 0.6) is 0 Å². The molecule has 0 radical (unpaired) electrons. The Hall–Kier alpha value is -0.910. The van der Waals surface area contributed by atoms with Crippen molar-refractivity contribution >= 4 is 10.0 Å². The highest BCUT2D eigenvalue weighted by Gasteiger charge is 2.53. The van der Waals surface area contributed by atoms with E-state index in [0.717, 1.165) is 23.6 Å². The first kappa shape index (κ1) is 15.0. The summed E-state index contributed by atoms with van der Waals surface area (Å²) in [5.74, 6) is 0.852. The molecule has 0 amide bonds. The lowest BCUT2D eigenvalue weighted by molar-refractivity contribution is 0.431. The number of hydrogen-bond donors (Lipinski definition) is 2. The molecule has 21 heavy (non-hydrogen) atoms. The standard InChI is InChI=1S/C16H24N2O2S/c1-17-10-13-3-2-4-14(9-13)11-21(19,20)18-12-16(7-8-16)15-5-6-15/h2-4,9,15,17-18H,5-8,10-12H2,1H3. The van der Waals surface area contributed by atoms with Crippen molar-refractivity contribution in [2.75, 3.05) is 13.6 Å². The predicted molar refractivity (Wildman–Crippen MR) is 84.2 cm³/mol. The van der Waals surface area contributed by atoms with Crippen LogP contribution in [-0.4, -0.2) is 22.0 Å². The zero-order valence-corrected chi connectivity index (χ0v) is 13.4. The van der Waals surface area contributed by atoms with Gasteiger partial charge in [0.25, 0.3) is 0 Å². The summed E-state index contributed by atoms with van der Waals surface area (Å²) in [6.07, 6.45) is 4.96. The maximum atomic E-state index is 12.3. The van der Waals surface area contributed by atoms with Crippen LogP contribution in [0.25, 0.3) is 0 Å². The molecule has 0 aromatic heterocycles. The molecule has 0 bridgehead atoms. The Kier molecular flexibility index (Phi) is 4.08. The number of rotatable bonds is 8. The molecular formula is C16H24N2O2S. The smallest absolute Gasteiger partial charge is 0.215 e. The lowest BCUT2D eigenvalue weighted by Crippen LogP contribution is -2.32. The van der Waals surface area contributed by atoms with Gasteiger partial charge in [-0.05, 0) is 55.2 Å². The van der Waals surface area contributed by atoms with Crippen molar-refractivity contribution < 1.29 is 8.42 Å². The molecule has 3 rings (SSSR count). The van der Waals surface area contributed by atoms with Gasteiger partial charge in [-0.15, -0.1) is 0 Å². The third-order valence-electron chi connectivity index (χ3n) is 4.71. The normalized spacial score (nSPS) is 20.4. The Morgan fingerprint density at radius 3 is 2.57 bits per heavy atom. The van der Waals surface area contributed by atoms with Gasteiger partial charge in [-0.25, -0.2) is 13.1 Å². The quantitative estimate of drug-likeness (QED) is 0.772. The fraction of sp³-hybridized carbons (Fsp3) is 0.625. The summed E-state index contributed by atoms with van der Waals surface area (Å²) < 4.78 is 27.4. The number of nitrogens with one attached hydrogen (secondary N) is 2. The van der Waals surface area contributed by atoms with Crippen molar-refractivity contribution in [1.29, 1.82) is 0 Å². The summed E-state index contributed by atoms with van der Waals surface area (Å²) in [5.41, 5.74) is 2.27. The summed E-state index contributed by atoms with van der Waals surface area (Å²) in [7, 11) is -1.35. The van der Waals surface area contributed by atoms with Gasteiger partial charge in [0.2, 0.25) is 10.0 Å². The highest BCUT2D eigenvalue weighted by Crippen LogP contribution is 2.60. The fourth-order valence-corrected chi connectivity index (χ4v) is 4.37. The van der Waals surface area contributed by atoms with Gasteiger partial charge in [0.1, 0.15) is 0 Å². The van der Waals surface area contributed by atoms with Gasteiger partial charge in [-0.1, -0.05) is 24.3 Å². The topological polar surface area (TPSA) is 58.2 Å². The molecule has 0 heterocycles. The molecule has 2 aliphatic carbocycles. The third-order valence-corrected chi connectivity index (χ3v) is 6.01. The molecule has 0 atom stereocenters. The first-order chi connectivity index (χ1) is 10.0. The van der Waals surface area contributed by atoms with Gasteiger partial charge < -0.3 is 5.32 Å². The Morgan fingerprint density at radius 1 is 1.24 bits per heavy atom. The lowest BCUT2D eigenvalue weighted by atomic mass is 10.0. The van der Waals surface area contributed by atoms with E-state index >= 15 is 0 Å². The molecule has 0 saturated heterocycles. The second-order valence-corrected chi connectivity index (χ2v) is 8.37. The van der Waals surface area contributed by atoms with Gasteiger partial charge in [0.15, 0.2) is 0 Å². The minimum atomic E-state index is -3.24. The van der Waals surface area contributed by atoms with E-state index in [-0.39, 0.29) is 5.75 Å². The number of hydrogen-bond acceptors (Lipinski definition) is 3. The minimum Gasteiger partial charge on any atom is -0.316 e. The monoisotopic (exact) mass is 308 g/mol. The van der Waals surface area contributed by atoms with Crippen molar-refractivity contribution in [3.63, 3.8) is 0 Å². The number of benzene rings is 1. The second kappa shape index (κ2) is 5.71. The average Bonchev–Trinajstić information content (AvgIpc) is 3.29. The zero-order valence-electron chi connectivity index (χ0n) is 12.6. The molecule has 0 unspecified atom stereocenters. The second-order valence-electron chi connectivity index (χ2n) is 6.57. The molecule has 2 N–H and O–H groups in total. The number of sulfonamides is 1. The van der Waals surface area contributed by atoms with E-state index in [1.807, 2.05) is 31.3 Å². The van der Waals surface area contributed by atoms with Crippen molar-refractivity contribution in [1.82, 2.24) is 10.0 Å². The summed E-state index contributed by atoms with van der Waals surface area (Å²) in [4.78, 5) is 0. The van der Waals surface area contributed by atoms with E-state index in [2.05, 4.69) is 10.0 Å². The molecule has 1 aromatic carbocycles. The van der Waals surface area contributed by atoms with Crippen LogP contribution in [0.4, 0.5) is 0 Å². The molecular weight excluding hydrogens is 284 g/mol. The van der Waals surface area contributed by atoms with Crippen LogP contribution in [0.1, 0.15) is 36.8 Å². The van der Waals surface area contributed by atoms with E-state index in [9.17, 15) is 8.42 Å². The van der Waals surface area contributed by atoms with Gasteiger partial charge in [-0.3, -0.25) is 0 Å². The third kappa shape index (κ3) is 3.84. The molecule has 0 aliphatic heterocycles. The summed E-state index contributed by atoms with van der Waals surface area (Å²) in [6.45, 7) is 1.39. The Balaban J connectivity index is 1.59. The van der Waals surface area contributed by atoms with Crippen LogP contribution in [0.3, 0.4) is 0 Å². The maximum absolute atomic E-state index is 12.3. The SMILES string of the molecule is CNCc1cccc(CS(=O)(=O)NCC2(C3CC3)CC2)c1. The highest BCUT2D eigenvalue weighted by atomic mass is 32.2. The minimum absolute atomic E-state index is 0.0747. The van der Waals surface area contributed by atoms with Gasteiger partial charge in [0, 0.05) is 13.1 Å². The largest absolute Gasteiger partial charge is 0.316 e. The van der Waals surface area contributed by atoms with E-state index in [0.29, 0.717) is 12.0 Å². The van der Waals surface area contributed by atoms with E-state index in [4.69, 9.17) is 0 Å². The van der Waals surface area contributed by atoms with Crippen molar-refractivity contribution in [3.05, 3.63) is 35.4 Å². The lowest BCUT2D eigenvalue weighted by Gasteiger charge is -2.15. The van der Waals surface area contributed by atoms with Crippen molar-refractivity contribution in [2.24, 2.45) is 11.3 Å². The zero-order chi connectivity index (χ0) is 14.9. The molecule has 4 nitrogen and oxygen atoms in total. The molecule has 0 spiro atoms. The maximum Gasteiger partial charge on any atom is 0.215 e. The summed E-state index contributed by atoms with van der Waals surface area (Å²) in [6, 6.07) is 7.77. The van der Waals surface area contributed by atoms with Gasteiger partial charge in [0.05, 0.1) is 5.75 Å². The van der Waals surface area contributed by atoms with Crippen LogP contribution in [0.2, 0.25) is 0 Å². The molecule has 1 aromatic rings. The molecule has 5 heteroatoms. The van der Waals surface area contributed by atoms with Crippen LogP contribution in [0, 0.1) is 11.3 Å². The van der Waals surface area contributed by atoms with Gasteiger partial charge >= 0.3 is 0 Å². The van der Waals surface area contributed by atoms with E-state index in [1.54, 1.807) is 0 Å². The highest BCUT2D eigenvalue weighted by molar-refractivity contribution is 7.88. The summed E-state index contributed by atoms with van der Waals surface area (Å²) in [5, 5.41) is 3.08. The molecule has 2 aliphatic rings. The average molecular weight is 308 g/mol. The van der Waals surface area contributed by atoms with Crippen LogP contribution >= 0.6 is 0 Å². The van der Waals surface area contributed by atoms with Crippen LogP contribution in [-0.2, 0) is 22.3 Å². The van der Waals surface area contributed by atoms with E-state index < -0.39 is 10.0 Å².